The van der Waals surface area contributed by atoms with Crippen molar-refractivity contribution in [3.63, 3.8) is 0 Å². The molecule has 4 aromatic rings. The van der Waals surface area contributed by atoms with Crippen molar-refractivity contribution in [2.24, 2.45) is 0 Å². The van der Waals surface area contributed by atoms with Crippen molar-refractivity contribution in [2.45, 2.75) is 0 Å². The Morgan fingerprint density at radius 3 is 2.28 bits per heavy atom. The molecule has 0 saturated carbocycles. The Balaban J connectivity index is 1.27. The first kappa shape index (κ1) is 24.0. The SMILES string of the molecule is O=C(Nc1ccccc1N1CCN(C(=O)c2ccccc2)CC1)c1ccc(-c2ccc(Cl)cc2Cl)o1. The second-order valence-corrected chi connectivity index (χ2v) is 9.25. The second-order valence-electron chi connectivity index (χ2n) is 8.40. The Kier molecular flexibility index (Phi) is 6.98. The molecule has 1 saturated heterocycles. The molecule has 36 heavy (non-hydrogen) atoms. The summed E-state index contributed by atoms with van der Waals surface area (Å²) >= 11 is 12.3. The fraction of sp³-hybridized carbons (Fsp3) is 0.143. The minimum Gasteiger partial charge on any atom is -0.451 e. The van der Waals surface area contributed by atoms with Gasteiger partial charge < -0.3 is 19.5 Å². The zero-order valence-corrected chi connectivity index (χ0v) is 20.8. The van der Waals surface area contributed by atoms with Crippen LogP contribution in [0.25, 0.3) is 11.3 Å². The zero-order valence-electron chi connectivity index (χ0n) is 19.3. The fourth-order valence-electron chi connectivity index (χ4n) is 4.25. The van der Waals surface area contributed by atoms with Gasteiger partial charge in [-0.3, -0.25) is 9.59 Å². The number of piperazine rings is 1. The first-order valence-corrected chi connectivity index (χ1v) is 12.3. The smallest absolute Gasteiger partial charge is 0.291 e. The summed E-state index contributed by atoms with van der Waals surface area (Å²) in [4.78, 5) is 29.8. The summed E-state index contributed by atoms with van der Waals surface area (Å²) in [5.74, 6) is 0.321. The summed E-state index contributed by atoms with van der Waals surface area (Å²) in [5.41, 5.74) is 2.91. The van der Waals surface area contributed by atoms with Crippen LogP contribution in [0.15, 0.2) is 89.3 Å². The van der Waals surface area contributed by atoms with Crippen LogP contribution in [0.2, 0.25) is 10.0 Å². The monoisotopic (exact) mass is 519 g/mol. The molecule has 0 radical (unpaired) electrons. The Morgan fingerprint density at radius 2 is 1.53 bits per heavy atom. The highest BCUT2D eigenvalue weighted by Crippen LogP contribution is 2.32. The van der Waals surface area contributed by atoms with E-state index in [2.05, 4.69) is 10.2 Å². The number of nitrogens with zero attached hydrogens (tertiary/aromatic N) is 2. The van der Waals surface area contributed by atoms with Gasteiger partial charge >= 0.3 is 0 Å². The highest BCUT2D eigenvalue weighted by molar-refractivity contribution is 6.36. The van der Waals surface area contributed by atoms with Crippen LogP contribution in [-0.2, 0) is 0 Å². The molecule has 5 rings (SSSR count). The van der Waals surface area contributed by atoms with Gasteiger partial charge in [0.05, 0.1) is 16.4 Å². The average molecular weight is 520 g/mol. The lowest BCUT2D eigenvalue weighted by Crippen LogP contribution is -2.49. The number of anilines is 2. The molecule has 0 bridgehead atoms. The molecule has 1 aromatic heterocycles. The van der Waals surface area contributed by atoms with Crippen LogP contribution in [0.3, 0.4) is 0 Å². The van der Waals surface area contributed by atoms with Gasteiger partial charge in [-0.2, -0.15) is 0 Å². The minimum atomic E-state index is -0.364. The predicted molar refractivity (Wildman–Crippen MR) is 143 cm³/mol. The van der Waals surface area contributed by atoms with E-state index in [1.165, 1.54) is 0 Å². The third-order valence-corrected chi connectivity index (χ3v) is 6.65. The van der Waals surface area contributed by atoms with Gasteiger partial charge in [-0.25, -0.2) is 0 Å². The molecule has 8 heteroatoms. The number of hydrogen-bond donors (Lipinski definition) is 1. The van der Waals surface area contributed by atoms with Crippen molar-refractivity contribution in [2.75, 3.05) is 36.4 Å². The standard InChI is InChI=1S/C28H23Cl2N3O3/c29-20-10-11-21(22(30)18-20)25-12-13-26(36-25)27(34)31-23-8-4-5-9-24(23)32-14-16-33(17-15-32)28(35)19-6-2-1-3-7-19/h1-13,18H,14-17H2,(H,31,34). The molecule has 2 heterocycles. The summed E-state index contributed by atoms with van der Waals surface area (Å²) < 4.78 is 5.79. The lowest BCUT2D eigenvalue weighted by atomic mass is 10.1. The Bertz CT molecular complexity index is 1400. The van der Waals surface area contributed by atoms with Gasteiger partial charge in [-0.05, 0) is 54.6 Å². The summed E-state index contributed by atoms with van der Waals surface area (Å²) in [7, 11) is 0. The molecular weight excluding hydrogens is 497 g/mol. The number of halogens is 2. The molecule has 0 atom stereocenters. The number of hydrogen-bond acceptors (Lipinski definition) is 4. The lowest BCUT2D eigenvalue weighted by molar-refractivity contribution is 0.0746. The highest BCUT2D eigenvalue weighted by Gasteiger charge is 2.24. The first-order valence-electron chi connectivity index (χ1n) is 11.5. The van der Waals surface area contributed by atoms with Crippen LogP contribution >= 0.6 is 23.2 Å². The van der Waals surface area contributed by atoms with Gasteiger partial charge in [0.1, 0.15) is 5.76 Å². The van der Waals surface area contributed by atoms with Crippen LogP contribution in [0.5, 0.6) is 0 Å². The van der Waals surface area contributed by atoms with E-state index in [1.54, 1.807) is 30.3 Å². The van der Waals surface area contributed by atoms with E-state index in [-0.39, 0.29) is 17.6 Å². The molecule has 0 unspecified atom stereocenters. The van der Waals surface area contributed by atoms with Gasteiger partial charge in [-0.1, -0.05) is 53.5 Å². The minimum absolute atomic E-state index is 0.0336. The number of para-hydroxylation sites is 2. The Labute approximate surface area is 219 Å². The molecule has 3 aromatic carbocycles. The maximum absolute atomic E-state index is 13.0. The third-order valence-electron chi connectivity index (χ3n) is 6.11. The third kappa shape index (κ3) is 5.10. The van der Waals surface area contributed by atoms with Crippen LogP contribution in [-0.4, -0.2) is 42.9 Å². The quantitative estimate of drug-likeness (QED) is 0.328. The summed E-state index contributed by atoms with van der Waals surface area (Å²) in [5, 5.41) is 3.93. The molecule has 1 fully saturated rings. The van der Waals surface area contributed by atoms with E-state index in [9.17, 15) is 9.59 Å². The first-order chi connectivity index (χ1) is 17.5. The fourth-order valence-corrected chi connectivity index (χ4v) is 4.75. The number of amides is 2. The van der Waals surface area contributed by atoms with Gasteiger partial charge in [-0.15, -0.1) is 0 Å². The van der Waals surface area contributed by atoms with Crippen molar-refractivity contribution >= 4 is 46.4 Å². The molecule has 0 spiro atoms. The number of furan rings is 1. The summed E-state index contributed by atoms with van der Waals surface area (Å²) in [6.07, 6.45) is 0. The van der Waals surface area contributed by atoms with Crippen molar-refractivity contribution < 1.29 is 14.0 Å². The number of nitrogens with one attached hydrogen (secondary N) is 1. The number of rotatable bonds is 5. The van der Waals surface area contributed by atoms with E-state index in [0.717, 1.165) is 5.69 Å². The lowest BCUT2D eigenvalue weighted by Gasteiger charge is -2.37. The van der Waals surface area contributed by atoms with E-state index in [1.807, 2.05) is 59.5 Å². The van der Waals surface area contributed by atoms with E-state index < -0.39 is 0 Å². The van der Waals surface area contributed by atoms with Gasteiger partial charge in [0.2, 0.25) is 0 Å². The molecule has 1 N–H and O–H groups in total. The Morgan fingerprint density at radius 1 is 0.806 bits per heavy atom. The largest absolute Gasteiger partial charge is 0.451 e. The number of benzene rings is 3. The Hall–Kier alpha value is -3.74. The molecule has 6 nitrogen and oxygen atoms in total. The van der Waals surface area contributed by atoms with Crippen molar-refractivity contribution in [3.05, 3.63) is 106 Å². The van der Waals surface area contributed by atoms with E-state index >= 15 is 0 Å². The highest BCUT2D eigenvalue weighted by atomic mass is 35.5. The molecule has 1 aliphatic rings. The van der Waals surface area contributed by atoms with Crippen LogP contribution in [0.4, 0.5) is 11.4 Å². The van der Waals surface area contributed by atoms with E-state index in [4.69, 9.17) is 27.6 Å². The van der Waals surface area contributed by atoms with Crippen LogP contribution in [0, 0.1) is 0 Å². The summed E-state index contributed by atoms with van der Waals surface area (Å²) in [6, 6.07) is 25.3. The second kappa shape index (κ2) is 10.5. The van der Waals surface area contributed by atoms with E-state index in [0.29, 0.717) is 58.8 Å². The van der Waals surface area contributed by atoms with Crippen molar-refractivity contribution in [1.29, 1.82) is 0 Å². The summed E-state index contributed by atoms with van der Waals surface area (Å²) in [6.45, 7) is 2.51. The zero-order chi connectivity index (χ0) is 25.1. The molecule has 182 valence electrons. The predicted octanol–water partition coefficient (Wildman–Crippen LogP) is 6.47. The maximum atomic E-state index is 13.0. The van der Waals surface area contributed by atoms with Gasteiger partial charge in [0.25, 0.3) is 11.8 Å². The molecule has 1 aliphatic heterocycles. The number of carbonyl (C=O) groups excluding carboxylic acids is 2. The van der Waals surface area contributed by atoms with Crippen molar-refractivity contribution in [3.8, 4) is 11.3 Å². The van der Waals surface area contributed by atoms with Crippen LogP contribution < -0.4 is 10.2 Å². The number of carbonyl (C=O) groups is 2. The maximum Gasteiger partial charge on any atom is 0.291 e. The van der Waals surface area contributed by atoms with Crippen LogP contribution in [0.1, 0.15) is 20.9 Å². The molecule has 2 amide bonds. The average Bonchev–Trinajstić information content (AvgIpc) is 3.39. The molecular formula is C28H23Cl2N3O3. The van der Waals surface area contributed by atoms with Crippen molar-refractivity contribution in [1.82, 2.24) is 4.90 Å². The van der Waals surface area contributed by atoms with Gasteiger partial charge in [0.15, 0.2) is 5.76 Å². The van der Waals surface area contributed by atoms with Gasteiger partial charge in [0, 0.05) is 42.3 Å². The molecule has 0 aliphatic carbocycles. The normalized spacial score (nSPS) is 13.5. The topological polar surface area (TPSA) is 65.8 Å².